The van der Waals surface area contributed by atoms with Crippen LogP contribution in [0.1, 0.15) is 39.5 Å². The van der Waals surface area contributed by atoms with Crippen molar-refractivity contribution in [3.63, 3.8) is 0 Å². The fourth-order valence-corrected chi connectivity index (χ4v) is 4.75. The number of piperidine rings is 2. The molecule has 0 aromatic carbocycles. The molecule has 0 spiro atoms. The fourth-order valence-electron chi connectivity index (χ4n) is 2.98. The molecule has 0 aromatic heterocycles. The van der Waals surface area contributed by atoms with Gasteiger partial charge >= 0.3 is 0 Å². The third kappa shape index (κ3) is 3.29. The lowest BCUT2D eigenvalue weighted by Gasteiger charge is -2.41. The Labute approximate surface area is 117 Å². The van der Waals surface area contributed by atoms with Gasteiger partial charge in [0.15, 0.2) is 0 Å². The number of nitrogens with one attached hydrogen (secondary N) is 1. The van der Waals surface area contributed by atoms with Gasteiger partial charge in [-0.1, -0.05) is 6.92 Å². The van der Waals surface area contributed by atoms with Gasteiger partial charge < -0.3 is 5.32 Å². The Morgan fingerprint density at radius 1 is 1.16 bits per heavy atom. The average Bonchev–Trinajstić information content (AvgIpc) is 2.39. The van der Waals surface area contributed by atoms with Crippen LogP contribution in [-0.4, -0.2) is 55.8 Å². The monoisotopic (exact) mass is 289 g/mol. The Morgan fingerprint density at radius 3 is 2.32 bits per heavy atom. The van der Waals surface area contributed by atoms with Crippen LogP contribution in [0.3, 0.4) is 0 Å². The first kappa shape index (κ1) is 15.2. The van der Waals surface area contributed by atoms with Crippen molar-refractivity contribution < 1.29 is 8.42 Å². The van der Waals surface area contributed by atoms with Gasteiger partial charge in [-0.3, -0.25) is 0 Å². The van der Waals surface area contributed by atoms with Crippen LogP contribution < -0.4 is 5.32 Å². The molecule has 1 atom stereocenters. The second-order valence-corrected chi connectivity index (χ2v) is 8.25. The first-order valence-corrected chi connectivity index (χ1v) is 8.71. The third-order valence-corrected chi connectivity index (χ3v) is 6.70. The van der Waals surface area contributed by atoms with Crippen molar-refractivity contribution in [3.8, 4) is 0 Å². The number of rotatable bonds is 3. The molecule has 112 valence electrons. The lowest BCUT2D eigenvalue weighted by atomic mass is 9.91. The summed E-state index contributed by atoms with van der Waals surface area (Å²) in [6.07, 6.45) is 3.89. The molecule has 2 rings (SSSR count). The molecule has 2 heterocycles. The third-order valence-electron chi connectivity index (χ3n) is 4.70. The minimum absolute atomic E-state index is 0.0845. The highest BCUT2D eigenvalue weighted by Crippen LogP contribution is 2.26. The normalized spacial score (nSPS) is 30.4. The summed E-state index contributed by atoms with van der Waals surface area (Å²) in [6, 6.07) is 0. The van der Waals surface area contributed by atoms with Crippen molar-refractivity contribution in [2.75, 3.05) is 33.2 Å². The minimum atomic E-state index is -3.24. The first-order chi connectivity index (χ1) is 8.87. The summed E-state index contributed by atoms with van der Waals surface area (Å²) in [5, 5.41) is 3.30. The highest BCUT2D eigenvalue weighted by atomic mass is 32.2. The maximum Gasteiger partial charge on any atom is 0.281 e. The van der Waals surface area contributed by atoms with E-state index in [-0.39, 0.29) is 5.54 Å². The minimum Gasteiger partial charge on any atom is -0.314 e. The van der Waals surface area contributed by atoms with Gasteiger partial charge in [-0.2, -0.15) is 17.0 Å². The van der Waals surface area contributed by atoms with Gasteiger partial charge in [0, 0.05) is 31.7 Å². The maximum absolute atomic E-state index is 12.6. The van der Waals surface area contributed by atoms with Crippen LogP contribution in [0.2, 0.25) is 0 Å². The highest BCUT2D eigenvalue weighted by Gasteiger charge is 2.37. The van der Waals surface area contributed by atoms with Crippen molar-refractivity contribution in [2.24, 2.45) is 5.92 Å². The van der Waals surface area contributed by atoms with E-state index in [0.29, 0.717) is 32.1 Å². The van der Waals surface area contributed by atoms with Crippen LogP contribution in [0.15, 0.2) is 0 Å². The van der Waals surface area contributed by atoms with Gasteiger partial charge in [0.05, 0.1) is 0 Å². The number of nitrogens with zero attached hydrogens (tertiary/aromatic N) is 2. The molecule has 0 aliphatic carbocycles. The number of hydrogen-bond acceptors (Lipinski definition) is 3. The standard InChI is InChI=1S/C13H27N3O2S/c1-12-5-4-8-16(11-12)19(17,18)15-9-6-13(2,14-3)7-10-15/h12,14H,4-11H2,1-3H3. The van der Waals surface area contributed by atoms with E-state index in [4.69, 9.17) is 0 Å². The topological polar surface area (TPSA) is 52.7 Å². The van der Waals surface area contributed by atoms with Gasteiger partial charge in [-0.15, -0.1) is 0 Å². The highest BCUT2D eigenvalue weighted by molar-refractivity contribution is 7.86. The molecule has 2 saturated heterocycles. The molecule has 2 aliphatic heterocycles. The van der Waals surface area contributed by atoms with Crippen molar-refractivity contribution in [1.29, 1.82) is 0 Å². The molecule has 0 amide bonds. The van der Waals surface area contributed by atoms with Gasteiger partial charge in [0.25, 0.3) is 10.2 Å². The lowest BCUT2D eigenvalue weighted by molar-refractivity contribution is 0.198. The zero-order valence-electron chi connectivity index (χ0n) is 12.4. The maximum atomic E-state index is 12.6. The zero-order chi connectivity index (χ0) is 14.1. The summed E-state index contributed by atoms with van der Waals surface area (Å²) in [5.41, 5.74) is 0.0845. The molecule has 0 bridgehead atoms. The molecule has 6 heteroatoms. The molecule has 0 radical (unpaired) electrons. The van der Waals surface area contributed by atoms with Crippen LogP contribution in [0, 0.1) is 5.92 Å². The summed E-state index contributed by atoms with van der Waals surface area (Å²) < 4.78 is 28.6. The molecular formula is C13H27N3O2S. The predicted molar refractivity (Wildman–Crippen MR) is 77.2 cm³/mol. The van der Waals surface area contributed by atoms with Crippen LogP contribution in [0.5, 0.6) is 0 Å². The van der Waals surface area contributed by atoms with Crippen LogP contribution in [0.4, 0.5) is 0 Å². The van der Waals surface area contributed by atoms with E-state index >= 15 is 0 Å². The molecule has 19 heavy (non-hydrogen) atoms. The summed E-state index contributed by atoms with van der Waals surface area (Å²) in [6.45, 7) is 6.93. The van der Waals surface area contributed by atoms with E-state index in [9.17, 15) is 8.42 Å². The smallest absolute Gasteiger partial charge is 0.281 e. The molecular weight excluding hydrogens is 262 g/mol. The Hall–Kier alpha value is -0.170. The van der Waals surface area contributed by atoms with E-state index in [2.05, 4.69) is 19.2 Å². The molecule has 2 fully saturated rings. The first-order valence-electron chi connectivity index (χ1n) is 7.31. The molecule has 0 saturated carbocycles. The molecule has 1 N–H and O–H groups in total. The Balaban J connectivity index is 2.01. The molecule has 1 unspecified atom stereocenters. The summed E-state index contributed by atoms with van der Waals surface area (Å²) in [7, 11) is -1.28. The predicted octanol–water partition coefficient (Wildman–Crippen LogP) is 1.04. The summed E-state index contributed by atoms with van der Waals surface area (Å²) in [5.74, 6) is 0.482. The molecule has 2 aliphatic rings. The van der Waals surface area contributed by atoms with Crippen molar-refractivity contribution in [3.05, 3.63) is 0 Å². The molecule has 5 nitrogen and oxygen atoms in total. The Morgan fingerprint density at radius 2 is 1.79 bits per heavy atom. The molecule has 0 aromatic rings. The van der Waals surface area contributed by atoms with E-state index in [1.165, 1.54) is 0 Å². The van der Waals surface area contributed by atoms with Crippen molar-refractivity contribution >= 4 is 10.2 Å². The van der Waals surface area contributed by atoms with Crippen LogP contribution in [-0.2, 0) is 10.2 Å². The second kappa shape index (κ2) is 5.68. The largest absolute Gasteiger partial charge is 0.314 e. The van der Waals surface area contributed by atoms with Crippen molar-refractivity contribution in [1.82, 2.24) is 13.9 Å². The average molecular weight is 289 g/mol. The quantitative estimate of drug-likeness (QED) is 0.844. The van der Waals surface area contributed by atoms with Gasteiger partial charge in [0.2, 0.25) is 0 Å². The number of hydrogen-bond donors (Lipinski definition) is 1. The second-order valence-electron chi connectivity index (χ2n) is 6.32. The van der Waals surface area contributed by atoms with E-state index in [1.54, 1.807) is 8.61 Å². The fraction of sp³-hybridized carbons (Fsp3) is 1.00. The van der Waals surface area contributed by atoms with Gasteiger partial charge in [-0.05, 0) is 45.6 Å². The SMILES string of the molecule is CNC1(C)CCN(S(=O)(=O)N2CCCC(C)C2)CC1. The van der Waals surface area contributed by atoms with E-state index in [0.717, 1.165) is 25.7 Å². The lowest BCUT2D eigenvalue weighted by Crippen LogP contribution is -2.55. The van der Waals surface area contributed by atoms with E-state index in [1.807, 2.05) is 7.05 Å². The van der Waals surface area contributed by atoms with Gasteiger partial charge in [0.1, 0.15) is 0 Å². The van der Waals surface area contributed by atoms with Crippen molar-refractivity contribution in [2.45, 2.75) is 45.1 Å². The Kier molecular flexibility index (Phi) is 4.55. The van der Waals surface area contributed by atoms with E-state index < -0.39 is 10.2 Å². The summed E-state index contributed by atoms with van der Waals surface area (Å²) >= 11 is 0. The van der Waals surface area contributed by atoms with Crippen LogP contribution >= 0.6 is 0 Å². The Bertz CT molecular complexity index is 402. The zero-order valence-corrected chi connectivity index (χ0v) is 13.2. The van der Waals surface area contributed by atoms with Crippen LogP contribution in [0.25, 0.3) is 0 Å². The van der Waals surface area contributed by atoms with Gasteiger partial charge in [-0.25, -0.2) is 0 Å². The summed E-state index contributed by atoms with van der Waals surface area (Å²) in [4.78, 5) is 0.